The highest BCUT2D eigenvalue weighted by Gasteiger charge is 2.22. The molecule has 1 aliphatic heterocycles. The van der Waals surface area contributed by atoms with Gasteiger partial charge in [-0.15, -0.1) is 5.11 Å². The molecule has 0 spiro atoms. The number of benzene rings is 1. The van der Waals surface area contributed by atoms with Crippen molar-refractivity contribution in [2.24, 2.45) is 20.4 Å². The van der Waals surface area contributed by atoms with E-state index in [0.29, 0.717) is 30.1 Å². The van der Waals surface area contributed by atoms with Gasteiger partial charge in [0.2, 0.25) is 10.0 Å². The molecule has 0 fully saturated rings. The lowest BCUT2D eigenvalue weighted by Gasteiger charge is -2.12. The lowest BCUT2D eigenvalue weighted by molar-refractivity contribution is 0.597. The fourth-order valence-corrected chi connectivity index (χ4v) is 3.27. The zero-order chi connectivity index (χ0) is 17.2. The molecule has 0 unspecified atom stereocenters. The van der Waals surface area contributed by atoms with Crippen LogP contribution in [0.4, 0.5) is 5.82 Å². The first-order valence-electron chi connectivity index (χ1n) is 7.22. The predicted molar refractivity (Wildman–Crippen MR) is 90.1 cm³/mol. The van der Waals surface area contributed by atoms with E-state index in [2.05, 4.69) is 20.2 Å². The Hall–Kier alpha value is -2.65. The predicted octanol–water partition coefficient (Wildman–Crippen LogP) is 1.27. The topological polar surface area (TPSA) is 136 Å². The quantitative estimate of drug-likeness (QED) is 0.843. The third-order valence-corrected chi connectivity index (χ3v) is 4.58. The maximum atomic E-state index is 11.9. The van der Waals surface area contributed by atoms with Gasteiger partial charge in [-0.25, -0.2) is 23.5 Å². The van der Waals surface area contributed by atoms with Gasteiger partial charge in [-0.3, -0.25) is 0 Å². The molecule has 0 saturated carbocycles. The second-order valence-corrected chi connectivity index (χ2v) is 6.82. The Kier molecular flexibility index (Phi) is 4.36. The van der Waals surface area contributed by atoms with Crippen molar-refractivity contribution < 1.29 is 8.42 Å². The number of hydrogen-bond acceptors (Lipinski definition) is 7. The lowest BCUT2D eigenvalue weighted by Crippen LogP contribution is -2.18. The normalized spacial score (nSPS) is 14.0. The van der Waals surface area contributed by atoms with Crippen molar-refractivity contribution in [1.82, 2.24) is 4.98 Å². The van der Waals surface area contributed by atoms with Crippen LogP contribution in [0, 0.1) is 0 Å². The third-order valence-electron chi connectivity index (χ3n) is 3.62. The van der Waals surface area contributed by atoms with E-state index in [1.54, 1.807) is 18.3 Å². The Balaban J connectivity index is 1.98. The molecular weight excluding hydrogens is 328 g/mol. The molecule has 0 aliphatic carbocycles. The number of primary sulfonamides is 1. The van der Waals surface area contributed by atoms with E-state index in [4.69, 9.17) is 10.9 Å². The second-order valence-electron chi connectivity index (χ2n) is 5.29. The summed E-state index contributed by atoms with van der Waals surface area (Å²) in [6.07, 6.45) is 2.95. The van der Waals surface area contributed by atoms with E-state index in [0.717, 1.165) is 11.1 Å². The van der Waals surface area contributed by atoms with Crippen molar-refractivity contribution in [2.75, 3.05) is 12.4 Å². The number of nitrogens with two attached hydrogens (primary N) is 2. The number of amidine groups is 1. The van der Waals surface area contributed by atoms with Crippen molar-refractivity contribution in [3.05, 3.63) is 53.2 Å². The molecule has 9 heteroatoms. The van der Waals surface area contributed by atoms with Gasteiger partial charge in [-0.2, -0.15) is 5.11 Å². The summed E-state index contributed by atoms with van der Waals surface area (Å²) < 4.78 is 23.8. The number of rotatable bonds is 5. The average Bonchev–Trinajstić information content (AvgIpc) is 3.07. The maximum absolute atomic E-state index is 11.9. The van der Waals surface area contributed by atoms with Crippen LogP contribution < -0.4 is 10.9 Å². The molecule has 2 heterocycles. The number of aromatic nitrogens is 1. The monoisotopic (exact) mass is 344 g/mol. The first-order chi connectivity index (χ1) is 11.4. The molecule has 0 saturated heterocycles. The van der Waals surface area contributed by atoms with Crippen molar-refractivity contribution >= 4 is 21.7 Å². The van der Waals surface area contributed by atoms with Crippen LogP contribution >= 0.6 is 0 Å². The molecular formula is C15H16N6O2S. The standard InChI is InChI=1S/C15H16N6O2S/c16-13-7-5-10(8-18-13)4-6-11-2-1-3-12(24(17,22)23)14(11)15-19-9-20-21-15/h1-3,5,7-8H,4,6,9H2,(H2,16,18)(H2,17,22,23). The smallest absolute Gasteiger partial charge is 0.238 e. The highest BCUT2D eigenvalue weighted by Crippen LogP contribution is 2.23. The van der Waals surface area contributed by atoms with Crippen LogP contribution in [0.1, 0.15) is 16.7 Å². The van der Waals surface area contributed by atoms with Crippen LogP contribution in [0.3, 0.4) is 0 Å². The van der Waals surface area contributed by atoms with Gasteiger partial charge >= 0.3 is 0 Å². The van der Waals surface area contributed by atoms with Crippen LogP contribution in [-0.4, -0.2) is 25.9 Å². The summed E-state index contributed by atoms with van der Waals surface area (Å²) in [4.78, 5) is 8.20. The van der Waals surface area contributed by atoms with E-state index in [9.17, 15) is 8.42 Å². The Morgan fingerprint density at radius 2 is 1.96 bits per heavy atom. The zero-order valence-electron chi connectivity index (χ0n) is 12.8. The molecule has 1 aromatic carbocycles. The third kappa shape index (κ3) is 3.47. The first-order valence-corrected chi connectivity index (χ1v) is 8.77. The average molecular weight is 344 g/mol. The zero-order valence-corrected chi connectivity index (χ0v) is 13.6. The van der Waals surface area contributed by atoms with Crippen molar-refractivity contribution in [3.63, 3.8) is 0 Å². The van der Waals surface area contributed by atoms with Gasteiger partial charge in [0.15, 0.2) is 12.5 Å². The van der Waals surface area contributed by atoms with Gasteiger partial charge in [0.1, 0.15) is 5.82 Å². The molecule has 0 bridgehead atoms. The number of nitrogen functional groups attached to an aromatic ring is 1. The minimum atomic E-state index is -3.89. The van der Waals surface area contributed by atoms with Gasteiger partial charge in [-0.05, 0) is 36.1 Å². The highest BCUT2D eigenvalue weighted by molar-refractivity contribution is 7.89. The number of anilines is 1. The number of nitrogens with zero attached hydrogens (tertiary/aromatic N) is 4. The van der Waals surface area contributed by atoms with Gasteiger partial charge in [-0.1, -0.05) is 18.2 Å². The van der Waals surface area contributed by atoms with Gasteiger partial charge in [0, 0.05) is 11.8 Å². The summed E-state index contributed by atoms with van der Waals surface area (Å²) in [6, 6.07) is 8.57. The molecule has 124 valence electrons. The van der Waals surface area contributed by atoms with Gasteiger partial charge < -0.3 is 5.73 Å². The second kappa shape index (κ2) is 6.46. The fraction of sp³-hybridized carbons (Fsp3) is 0.200. The fourth-order valence-electron chi connectivity index (χ4n) is 2.50. The highest BCUT2D eigenvalue weighted by atomic mass is 32.2. The van der Waals surface area contributed by atoms with Crippen LogP contribution in [0.25, 0.3) is 0 Å². The number of pyridine rings is 1. The summed E-state index contributed by atoms with van der Waals surface area (Å²) in [5.41, 5.74) is 7.78. The molecule has 24 heavy (non-hydrogen) atoms. The van der Waals surface area contributed by atoms with Gasteiger partial charge in [0.25, 0.3) is 0 Å². The summed E-state index contributed by atoms with van der Waals surface area (Å²) in [5, 5.41) is 13.1. The van der Waals surface area contributed by atoms with Crippen molar-refractivity contribution in [3.8, 4) is 0 Å². The van der Waals surface area contributed by atoms with E-state index < -0.39 is 10.0 Å². The van der Waals surface area contributed by atoms with E-state index in [-0.39, 0.29) is 11.6 Å². The molecule has 0 atom stereocenters. The van der Waals surface area contributed by atoms with Crippen LogP contribution in [0.5, 0.6) is 0 Å². The lowest BCUT2D eigenvalue weighted by atomic mass is 9.99. The minimum absolute atomic E-state index is 0.00929. The summed E-state index contributed by atoms with van der Waals surface area (Å²) in [7, 11) is -3.89. The number of azo groups is 1. The van der Waals surface area contributed by atoms with Crippen molar-refractivity contribution in [2.45, 2.75) is 17.7 Å². The molecule has 0 amide bonds. The first kappa shape index (κ1) is 16.2. The molecule has 4 N–H and O–H groups in total. The Morgan fingerprint density at radius 1 is 1.12 bits per heavy atom. The molecule has 2 aromatic rings. The minimum Gasteiger partial charge on any atom is -0.384 e. The molecule has 1 aromatic heterocycles. The SMILES string of the molecule is Nc1ccc(CCc2cccc(S(N)(=O)=O)c2C2=NCN=N2)cn1. The van der Waals surface area contributed by atoms with Crippen LogP contribution in [-0.2, 0) is 22.9 Å². The maximum Gasteiger partial charge on any atom is 0.238 e. The molecule has 1 aliphatic rings. The van der Waals surface area contributed by atoms with E-state index in [1.807, 2.05) is 12.1 Å². The molecule has 3 rings (SSSR count). The molecule has 8 nitrogen and oxygen atoms in total. The Labute approximate surface area is 139 Å². The van der Waals surface area contributed by atoms with Gasteiger partial charge in [0.05, 0.1) is 4.90 Å². The summed E-state index contributed by atoms with van der Waals surface area (Å²) >= 11 is 0. The Bertz CT molecular complexity index is 919. The summed E-state index contributed by atoms with van der Waals surface area (Å²) in [5.74, 6) is 0.751. The van der Waals surface area contributed by atoms with E-state index in [1.165, 1.54) is 6.07 Å². The Morgan fingerprint density at radius 3 is 2.58 bits per heavy atom. The number of aliphatic imine (C=N–C) groups is 1. The van der Waals surface area contributed by atoms with Crippen LogP contribution in [0.2, 0.25) is 0 Å². The van der Waals surface area contributed by atoms with E-state index >= 15 is 0 Å². The largest absolute Gasteiger partial charge is 0.384 e. The van der Waals surface area contributed by atoms with Crippen LogP contribution in [0.15, 0.2) is 56.6 Å². The number of sulfonamides is 1. The summed E-state index contributed by atoms with van der Waals surface area (Å²) in [6.45, 7) is 0.190. The number of hydrogen-bond donors (Lipinski definition) is 2. The number of aryl methyl sites for hydroxylation is 2. The molecule has 0 radical (unpaired) electrons. The van der Waals surface area contributed by atoms with Crippen molar-refractivity contribution in [1.29, 1.82) is 0 Å².